The molecule has 2 N–H and O–H groups in total. The summed E-state index contributed by atoms with van der Waals surface area (Å²) in [6.45, 7) is 5.03. The van der Waals surface area contributed by atoms with Gasteiger partial charge in [-0.2, -0.15) is 0 Å². The van der Waals surface area contributed by atoms with Crippen LogP contribution < -0.4 is 10.6 Å². The van der Waals surface area contributed by atoms with E-state index in [9.17, 15) is 0 Å². The van der Waals surface area contributed by atoms with E-state index in [-0.39, 0.29) is 24.0 Å². The Labute approximate surface area is 151 Å². The first kappa shape index (κ1) is 18.3. The second-order valence-corrected chi connectivity index (χ2v) is 6.70. The lowest BCUT2D eigenvalue weighted by molar-refractivity contribution is 0.128. The standard InChI is InChI=1S/C16H30N4O.HI/c1-17-16(18-8-11-21-12-13-2-3-13)19-14-6-9-20(10-7-14)15-4-5-15;/h13-15H,2-12H2,1H3,(H2,17,18,19);1H. The second-order valence-electron chi connectivity index (χ2n) is 6.70. The maximum atomic E-state index is 5.64. The van der Waals surface area contributed by atoms with Crippen molar-refractivity contribution in [1.82, 2.24) is 15.5 Å². The Kier molecular flexibility index (Phi) is 7.70. The van der Waals surface area contributed by atoms with Gasteiger partial charge in [0.2, 0.25) is 0 Å². The van der Waals surface area contributed by atoms with Crippen molar-refractivity contribution in [3.8, 4) is 0 Å². The highest BCUT2D eigenvalue weighted by Gasteiger charge is 2.31. The Balaban J connectivity index is 0.00000176. The predicted molar refractivity (Wildman–Crippen MR) is 101 cm³/mol. The lowest BCUT2D eigenvalue weighted by atomic mass is 10.1. The van der Waals surface area contributed by atoms with Crippen LogP contribution in [0.5, 0.6) is 0 Å². The zero-order valence-electron chi connectivity index (χ0n) is 13.7. The van der Waals surface area contributed by atoms with Crippen molar-refractivity contribution >= 4 is 29.9 Å². The fourth-order valence-electron chi connectivity index (χ4n) is 3.01. The molecule has 1 heterocycles. The van der Waals surface area contributed by atoms with Gasteiger partial charge in [-0.05, 0) is 44.4 Å². The summed E-state index contributed by atoms with van der Waals surface area (Å²) >= 11 is 0. The molecule has 2 aliphatic carbocycles. The molecule has 1 aliphatic heterocycles. The van der Waals surface area contributed by atoms with Crippen molar-refractivity contribution in [2.24, 2.45) is 10.9 Å². The van der Waals surface area contributed by atoms with Crippen molar-refractivity contribution in [2.75, 3.05) is 39.9 Å². The first-order valence-corrected chi connectivity index (χ1v) is 8.64. The van der Waals surface area contributed by atoms with Gasteiger partial charge in [-0.3, -0.25) is 4.99 Å². The van der Waals surface area contributed by atoms with E-state index in [0.717, 1.165) is 37.7 Å². The second kappa shape index (κ2) is 9.27. The van der Waals surface area contributed by atoms with Crippen molar-refractivity contribution in [1.29, 1.82) is 0 Å². The molecule has 2 saturated carbocycles. The van der Waals surface area contributed by atoms with Gasteiger partial charge in [0.15, 0.2) is 5.96 Å². The van der Waals surface area contributed by atoms with Crippen LogP contribution in [0.2, 0.25) is 0 Å². The summed E-state index contributed by atoms with van der Waals surface area (Å²) in [5, 5.41) is 6.91. The number of likely N-dealkylation sites (tertiary alicyclic amines) is 1. The minimum absolute atomic E-state index is 0. The van der Waals surface area contributed by atoms with E-state index >= 15 is 0 Å². The van der Waals surface area contributed by atoms with Gasteiger partial charge in [-0.15, -0.1) is 24.0 Å². The van der Waals surface area contributed by atoms with E-state index in [1.807, 2.05) is 7.05 Å². The highest BCUT2D eigenvalue weighted by Crippen LogP contribution is 2.29. The molecule has 0 aromatic heterocycles. The molecule has 1 saturated heterocycles. The van der Waals surface area contributed by atoms with Crippen LogP contribution in [0.25, 0.3) is 0 Å². The lowest BCUT2D eigenvalue weighted by Crippen LogP contribution is -2.49. The number of hydrogen-bond acceptors (Lipinski definition) is 3. The van der Waals surface area contributed by atoms with E-state index < -0.39 is 0 Å². The zero-order chi connectivity index (χ0) is 14.5. The minimum atomic E-state index is 0. The average Bonchev–Trinajstić information content (AvgIpc) is 3.39. The average molecular weight is 422 g/mol. The fourth-order valence-corrected chi connectivity index (χ4v) is 3.01. The molecule has 3 aliphatic rings. The monoisotopic (exact) mass is 422 g/mol. The molecule has 0 amide bonds. The Morgan fingerprint density at radius 2 is 1.86 bits per heavy atom. The maximum absolute atomic E-state index is 5.64. The molecule has 128 valence electrons. The molecule has 5 nitrogen and oxygen atoms in total. The van der Waals surface area contributed by atoms with Gasteiger partial charge in [0.05, 0.1) is 6.61 Å². The van der Waals surface area contributed by atoms with Crippen LogP contribution in [0.4, 0.5) is 0 Å². The van der Waals surface area contributed by atoms with Gasteiger partial charge in [-0.1, -0.05) is 0 Å². The number of nitrogens with one attached hydrogen (secondary N) is 2. The molecule has 22 heavy (non-hydrogen) atoms. The van der Waals surface area contributed by atoms with E-state index in [0.29, 0.717) is 6.04 Å². The molecule has 3 rings (SSSR count). The summed E-state index contributed by atoms with van der Waals surface area (Å²) in [6.07, 6.45) is 8.02. The molecule has 0 radical (unpaired) electrons. The highest BCUT2D eigenvalue weighted by molar-refractivity contribution is 14.0. The third kappa shape index (κ3) is 6.20. The maximum Gasteiger partial charge on any atom is 0.191 e. The molecule has 0 spiro atoms. The minimum Gasteiger partial charge on any atom is -0.379 e. The van der Waals surface area contributed by atoms with Gasteiger partial charge in [0, 0.05) is 45.4 Å². The topological polar surface area (TPSA) is 48.9 Å². The third-order valence-electron chi connectivity index (χ3n) is 4.75. The number of halogens is 1. The van der Waals surface area contributed by atoms with E-state index in [2.05, 4.69) is 20.5 Å². The summed E-state index contributed by atoms with van der Waals surface area (Å²) < 4.78 is 5.64. The SMILES string of the molecule is CN=C(NCCOCC1CC1)NC1CCN(C2CC2)CC1.I. The van der Waals surface area contributed by atoms with Crippen molar-refractivity contribution in [3.05, 3.63) is 0 Å². The summed E-state index contributed by atoms with van der Waals surface area (Å²) in [4.78, 5) is 6.97. The zero-order valence-corrected chi connectivity index (χ0v) is 16.1. The molecule has 0 aromatic rings. The number of ether oxygens (including phenoxy) is 1. The third-order valence-corrected chi connectivity index (χ3v) is 4.75. The number of guanidine groups is 1. The van der Waals surface area contributed by atoms with Crippen LogP contribution in [0.3, 0.4) is 0 Å². The van der Waals surface area contributed by atoms with Gasteiger partial charge in [0.25, 0.3) is 0 Å². The van der Waals surface area contributed by atoms with Gasteiger partial charge >= 0.3 is 0 Å². The van der Waals surface area contributed by atoms with E-state index in [1.165, 1.54) is 51.6 Å². The normalized spacial score (nSPS) is 24.0. The van der Waals surface area contributed by atoms with Crippen LogP contribution in [-0.2, 0) is 4.74 Å². The molecule has 6 heteroatoms. The summed E-state index contributed by atoms with van der Waals surface area (Å²) in [5.41, 5.74) is 0. The molecule has 3 fully saturated rings. The molecule has 0 aromatic carbocycles. The molecule has 0 bridgehead atoms. The Morgan fingerprint density at radius 1 is 1.14 bits per heavy atom. The molecule has 0 unspecified atom stereocenters. The first-order chi connectivity index (χ1) is 10.3. The molecular weight excluding hydrogens is 391 g/mol. The van der Waals surface area contributed by atoms with Crippen LogP contribution in [-0.4, -0.2) is 62.8 Å². The molecular formula is C16H31IN4O. The van der Waals surface area contributed by atoms with Crippen LogP contribution >= 0.6 is 24.0 Å². The first-order valence-electron chi connectivity index (χ1n) is 8.64. The van der Waals surface area contributed by atoms with Crippen molar-refractivity contribution < 1.29 is 4.74 Å². The van der Waals surface area contributed by atoms with Crippen molar-refractivity contribution in [3.63, 3.8) is 0 Å². The number of piperidine rings is 1. The Morgan fingerprint density at radius 3 is 2.45 bits per heavy atom. The van der Waals surface area contributed by atoms with Gasteiger partial charge < -0.3 is 20.3 Å². The number of rotatable bonds is 7. The fraction of sp³-hybridized carbons (Fsp3) is 0.938. The molecule has 0 atom stereocenters. The van der Waals surface area contributed by atoms with E-state index in [4.69, 9.17) is 4.74 Å². The lowest BCUT2D eigenvalue weighted by Gasteiger charge is -2.33. The predicted octanol–water partition coefficient (Wildman–Crippen LogP) is 1.82. The Hall–Kier alpha value is -0.0800. The van der Waals surface area contributed by atoms with Crippen LogP contribution in [0.15, 0.2) is 4.99 Å². The highest BCUT2D eigenvalue weighted by atomic mass is 127. The quantitative estimate of drug-likeness (QED) is 0.285. The number of nitrogens with zero attached hydrogens (tertiary/aromatic N) is 2. The van der Waals surface area contributed by atoms with Crippen molar-refractivity contribution in [2.45, 2.75) is 50.6 Å². The number of aliphatic imine (C=N–C) groups is 1. The largest absolute Gasteiger partial charge is 0.379 e. The smallest absolute Gasteiger partial charge is 0.191 e. The van der Waals surface area contributed by atoms with Gasteiger partial charge in [0.1, 0.15) is 0 Å². The van der Waals surface area contributed by atoms with Gasteiger partial charge in [-0.25, -0.2) is 0 Å². The summed E-state index contributed by atoms with van der Waals surface area (Å²) in [6, 6.07) is 1.48. The van der Waals surface area contributed by atoms with Crippen LogP contribution in [0, 0.1) is 5.92 Å². The summed E-state index contributed by atoms with van der Waals surface area (Å²) in [7, 11) is 1.85. The Bertz CT molecular complexity index is 350. The number of hydrogen-bond donors (Lipinski definition) is 2. The van der Waals surface area contributed by atoms with E-state index in [1.54, 1.807) is 0 Å². The van der Waals surface area contributed by atoms with Crippen LogP contribution in [0.1, 0.15) is 38.5 Å². The summed E-state index contributed by atoms with van der Waals surface area (Å²) in [5.74, 6) is 1.77.